The van der Waals surface area contributed by atoms with Crippen LogP contribution in [0.25, 0.3) is 0 Å². The van der Waals surface area contributed by atoms with Gasteiger partial charge in [0.2, 0.25) is 5.91 Å². The second kappa shape index (κ2) is 24.1. The number of carboxylic acid groups (broad SMARTS) is 1. The fraction of sp³-hybridized carbons (Fsp3) is 0.375. The molecule has 6 aromatic carbocycles. The molecule has 0 aliphatic rings. The van der Waals surface area contributed by atoms with E-state index in [1.54, 1.807) is 0 Å². The first kappa shape index (κ1) is 57.5. The third-order valence-electron chi connectivity index (χ3n) is 14.7. The molecule has 0 atom stereocenters. The molecule has 0 aromatic heterocycles. The van der Waals surface area contributed by atoms with Crippen LogP contribution in [-0.4, -0.2) is 54.6 Å². The molecule has 376 valence electrons. The van der Waals surface area contributed by atoms with Crippen LogP contribution in [0.2, 0.25) is 26.6 Å². The van der Waals surface area contributed by atoms with Crippen molar-refractivity contribution in [3.8, 4) is 0 Å². The summed E-state index contributed by atoms with van der Waals surface area (Å²) in [6.07, 6.45) is 1.46. The number of nitrogens with two attached hydrogens (primary N) is 1. The Morgan fingerprint density at radius 3 is 0.662 bits per heavy atom. The summed E-state index contributed by atoms with van der Waals surface area (Å²) in [6, 6.07) is 68.6. The average molecular weight is 1170 g/mol. The van der Waals surface area contributed by atoms with Crippen LogP contribution in [0.5, 0.6) is 0 Å². The Morgan fingerprint density at radius 2 is 0.535 bits per heavy atom. The Kier molecular flexibility index (Phi) is 19.5. The molecular formula is C64H83NO4Sn2. The molecule has 0 aliphatic heterocycles. The van der Waals surface area contributed by atoms with Crippen LogP contribution in [0.15, 0.2) is 194 Å². The molecule has 71 heavy (non-hydrogen) atoms. The van der Waals surface area contributed by atoms with E-state index in [4.69, 9.17) is 5.11 Å². The zero-order valence-electron chi connectivity index (χ0n) is 45.0. The molecule has 6 aromatic rings. The summed E-state index contributed by atoms with van der Waals surface area (Å²) in [6.45, 7) is 30.4. The minimum absolute atomic E-state index is 0.0900. The van der Waals surface area contributed by atoms with Gasteiger partial charge < -0.3 is 10.8 Å². The van der Waals surface area contributed by atoms with Crippen molar-refractivity contribution in [2.24, 2.45) is 5.73 Å². The maximum absolute atomic E-state index is 9.78. The number of hydrogen-bond donors (Lipinski definition) is 2. The molecule has 0 saturated carbocycles. The summed E-state index contributed by atoms with van der Waals surface area (Å²) >= 11 is -8.23. The number of carbonyl (C=O) groups is 2. The maximum Gasteiger partial charge on any atom is 0.328 e. The van der Waals surface area contributed by atoms with Gasteiger partial charge in [-0.1, -0.05) is 0 Å². The predicted octanol–water partition coefficient (Wildman–Crippen LogP) is 15.9. The molecule has 6 rings (SSSR count). The van der Waals surface area contributed by atoms with E-state index in [2.05, 4.69) is 271 Å². The topological polar surface area (TPSA) is 89.6 Å². The van der Waals surface area contributed by atoms with Crippen molar-refractivity contribution in [1.29, 1.82) is 0 Å². The zero-order valence-corrected chi connectivity index (χ0v) is 50.7. The number of rotatable bonds is 22. The Morgan fingerprint density at radius 1 is 0.366 bits per heavy atom. The first-order chi connectivity index (χ1) is 33.2. The minimum atomic E-state index is -4.11. The smallest absolute Gasteiger partial charge is 0.328 e. The third-order valence-corrected chi connectivity index (χ3v) is 60.0. The van der Waals surface area contributed by atoms with Gasteiger partial charge in [0.15, 0.2) is 0 Å². The van der Waals surface area contributed by atoms with E-state index in [-0.39, 0.29) is 32.5 Å². The van der Waals surface area contributed by atoms with Gasteiger partial charge in [0, 0.05) is 12.2 Å². The quantitative estimate of drug-likeness (QED) is 0.0523. The van der Waals surface area contributed by atoms with Crippen LogP contribution in [-0.2, 0) is 43.5 Å². The molecule has 0 radical (unpaired) electrons. The molecule has 0 heterocycles. The van der Waals surface area contributed by atoms with Crippen LogP contribution in [0, 0.1) is 0 Å². The number of primary amides is 1. The summed E-state index contributed by atoms with van der Waals surface area (Å²) in [4.78, 5) is 19.4. The fourth-order valence-electron chi connectivity index (χ4n) is 12.0. The van der Waals surface area contributed by atoms with Crippen molar-refractivity contribution in [1.82, 2.24) is 0 Å². The number of carboxylic acids is 1. The van der Waals surface area contributed by atoms with Crippen molar-refractivity contribution in [2.45, 2.75) is 142 Å². The van der Waals surface area contributed by atoms with Crippen LogP contribution < -0.4 is 5.73 Å². The molecule has 0 aliphatic carbocycles. The molecule has 1 amide bonds. The molecule has 0 bridgehead atoms. The number of carbonyl (C=O) groups excluding carboxylic acids is 1. The molecule has 0 fully saturated rings. The standard InChI is InChI=1S/6C10H13.C4H5NO3.O.2Sn/c6*1-10(2,3)9-7-5-4-6-8-9;5-3(6)1-2-4(7)8;;;/h6*4-8H,1H2,2-3H3;1-2H,(H2,5,6)(H,7,8);;;/b;;;;;;2-1-;;;. The third kappa shape index (κ3) is 16.5. The first-order valence-corrected chi connectivity index (χ1v) is 39.9. The first-order valence-electron chi connectivity index (χ1n) is 25.4. The van der Waals surface area contributed by atoms with Crippen LogP contribution in [0.3, 0.4) is 0 Å². The van der Waals surface area contributed by atoms with E-state index >= 15 is 0 Å². The summed E-state index contributed by atoms with van der Waals surface area (Å²) in [5.74, 6) is -1.93. The molecule has 7 heteroatoms. The van der Waals surface area contributed by atoms with E-state index in [0.717, 1.165) is 32.7 Å². The Balaban J connectivity index is 0.00000108. The second-order valence-corrected chi connectivity index (χ2v) is 48.2. The molecule has 0 unspecified atom stereocenters. The van der Waals surface area contributed by atoms with Crippen molar-refractivity contribution in [3.63, 3.8) is 0 Å². The summed E-state index contributed by atoms with van der Waals surface area (Å²) < 4.78 is 16.1. The van der Waals surface area contributed by atoms with Gasteiger partial charge in [0.05, 0.1) is 0 Å². The van der Waals surface area contributed by atoms with Crippen molar-refractivity contribution in [3.05, 3.63) is 228 Å². The SMILES string of the molecule is CC(C)([CH2][Sn]([CH2]C(C)(C)c1ccccc1)([CH2]C(C)(C)c1ccccc1)[O][Sn]([CH2]C(C)(C)c1ccccc1)([CH2]C(C)(C)c1ccccc1)[CH2]C(C)(C)c1ccccc1)c1ccccc1.NC(=O)/C=C\C(=O)O. The predicted molar refractivity (Wildman–Crippen MR) is 304 cm³/mol. The molecule has 0 saturated heterocycles. The Labute approximate surface area is 437 Å². The normalized spacial score (nSPS) is 13.1. The van der Waals surface area contributed by atoms with Crippen LogP contribution in [0.1, 0.15) is 116 Å². The minimum Gasteiger partial charge on any atom is -0.478 e. The number of aliphatic carboxylic acids is 1. The van der Waals surface area contributed by atoms with E-state index in [9.17, 15) is 11.0 Å². The Hall–Kier alpha value is -4.44. The van der Waals surface area contributed by atoms with Gasteiger partial charge in [0.25, 0.3) is 0 Å². The van der Waals surface area contributed by atoms with Crippen LogP contribution >= 0.6 is 0 Å². The van der Waals surface area contributed by atoms with E-state index in [0.29, 0.717) is 6.08 Å². The van der Waals surface area contributed by atoms with Gasteiger partial charge >= 0.3 is 403 Å². The van der Waals surface area contributed by atoms with E-state index in [1.165, 1.54) is 33.4 Å². The number of benzene rings is 6. The van der Waals surface area contributed by atoms with Crippen molar-refractivity contribution < 1.29 is 16.1 Å². The average Bonchev–Trinajstić information content (AvgIpc) is 3.31. The van der Waals surface area contributed by atoms with Gasteiger partial charge in [-0.3, -0.25) is 4.79 Å². The molecule has 0 spiro atoms. The van der Waals surface area contributed by atoms with Crippen molar-refractivity contribution >= 4 is 49.5 Å². The van der Waals surface area contributed by atoms with Gasteiger partial charge in [-0.2, -0.15) is 0 Å². The maximum atomic E-state index is 9.78. The summed E-state index contributed by atoms with van der Waals surface area (Å²) in [5, 5.41) is 7.87. The second-order valence-electron chi connectivity index (χ2n) is 24.1. The van der Waals surface area contributed by atoms with E-state index in [1.807, 2.05) is 0 Å². The molecular weight excluding hydrogens is 1080 g/mol. The van der Waals surface area contributed by atoms with Gasteiger partial charge in [-0.15, -0.1) is 0 Å². The molecule has 5 nitrogen and oxygen atoms in total. The molecule has 3 N–H and O–H groups in total. The summed E-state index contributed by atoms with van der Waals surface area (Å²) in [5.41, 5.74) is 12.5. The van der Waals surface area contributed by atoms with E-state index < -0.39 is 49.5 Å². The number of amides is 1. The number of hydrogen-bond acceptors (Lipinski definition) is 3. The zero-order chi connectivity index (χ0) is 52.2. The van der Waals surface area contributed by atoms with Crippen LogP contribution in [0.4, 0.5) is 0 Å². The van der Waals surface area contributed by atoms with Gasteiger partial charge in [0.1, 0.15) is 0 Å². The van der Waals surface area contributed by atoms with Crippen molar-refractivity contribution in [2.75, 3.05) is 0 Å². The fourth-order valence-corrected chi connectivity index (χ4v) is 74.9. The largest absolute Gasteiger partial charge is 0.478 e. The van der Waals surface area contributed by atoms with Gasteiger partial charge in [-0.25, -0.2) is 4.79 Å². The Bertz CT molecular complexity index is 2170. The monoisotopic (exact) mass is 1170 g/mol. The van der Waals surface area contributed by atoms with Gasteiger partial charge in [-0.05, 0) is 0 Å². The summed E-state index contributed by atoms with van der Waals surface area (Å²) in [7, 11) is 0.